The number of ether oxygens (including phenoxy) is 1. The molecule has 1 aromatic heterocycles. The van der Waals surface area contributed by atoms with E-state index in [-0.39, 0.29) is 39.7 Å². The Kier molecular flexibility index (Phi) is 4.34. The highest BCUT2D eigenvalue weighted by atomic mass is 35.5. The highest BCUT2D eigenvalue weighted by Gasteiger charge is 2.70. The lowest BCUT2D eigenvalue weighted by Gasteiger charge is -2.74. The summed E-state index contributed by atoms with van der Waals surface area (Å²) in [6.07, 6.45) is 2.76. The minimum absolute atomic E-state index is 0.0502. The molecule has 0 spiro atoms. The molecule has 4 aliphatic rings. The molecule has 2 bridgehead atoms. The molecule has 4 fully saturated rings. The van der Waals surface area contributed by atoms with Gasteiger partial charge in [0.05, 0.1) is 26.2 Å². The van der Waals surface area contributed by atoms with Crippen molar-refractivity contribution in [1.82, 2.24) is 20.0 Å². The van der Waals surface area contributed by atoms with E-state index in [2.05, 4.69) is 15.3 Å². The lowest BCUT2D eigenvalue weighted by molar-refractivity contribution is -0.198. The molecule has 142 valence electrons. The number of amides is 1. The maximum absolute atomic E-state index is 12.5. The number of carbonyl (C=O) groups excluding carboxylic acids is 1. The van der Waals surface area contributed by atoms with Crippen LogP contribution >= 0.6 is 11.6 Å². The molecule has 26 heavy (non-hydrogen) atoms. The summed E-state index contributed by atoms with van der Waals surface area (Å²) in [5.41, 5.74) is 0.116. The maximum atomic E-state index is 12.5. The van der Waals surface area contributed by atoms with Crippen molar-refractivity contribution >= 4 is 17.5 Å². The summed E-state index contributed by atoms with van der Waals surface area (Å²) >= 11 is 6.00. The first-order valence-corrected chi connectivity index (χ1v) is 9.25. The number of aliphatic hydroxyl groups is 1. The molecule has 0 radical (unpaired) electrons. The van der Waals surface area contributed by atoms with Crippen molar-refractivity contribution < 1.29 is 14.6 Å². The first kappa shape index (κ1) is 17.9. The lowest BCUT2D eigenvalue weighted by atomic mass is 9.43. The molecule has 9 heteroatoms. The highest BCUT2D eigenvalue weighted by Crippen LogP contribution is 2.63. The van der Waals surface area contributed by atoms with Crippen LogP contribution < -0.4 is 10.9 Å². The Morgan fingerprint density at radius 1 is 1.31 bits per heavy atom. The van der Waals surface area contributed by atoms with E-state index in [0.717, 1.165) is 50.2 Å². The number of rotatable bonds is 5. The number of nitrogens with one attached hydrogen (secondary N) is 1. The van der Waals surface area contributed by atoms with Crippen molar-refractivity contribution in [1.29, 1.82) is 0 Å². The van der Waals surface area contributed by atoms with Gasteiger partial charge in [-0.15, -0.1) is 0 Å². The fourth-order valence-electron chi connectivity index (χ4n) is 4.77. The minimum Gasteiger partial charge on any atom is -0.392 e. The van der Waals surface area contributed by atoms with Gasteiger partial charge in [-0.25, -0.2) is 4.68 Å². The van der Waals surface area contributed by atoms with Crippen molar-refractivity contribution in [3.63, 3.8) is 0 Å². The Morgan fingerprint density at radius 2 is 1.96 bits per heavy atom. The third-order valence-electron chi connectivity index (χ3n) is 5.99. The fourth-order valence-corrected chi connectivity index (χ4v) is 5.06. The van der Waals surface area contributed by atoms with Crippen LogP contribution in [0.15, 0.2) is 4.79 Å². The molecule has 8 nitrogen and oxygen atoms in total. The molecule has 0 atom stereocenters. The van der Waals surface area contributed by atoms with Gasteiger partial charge in [0.2, 0.25) is 5.91 Å². The summed E-state index contributed by atoms with van der Waals surface area (Å²) in [4.78, 5) is 27.3. The molecule has 1 amide bonds. The highest BCUT2D eigenvalue weighted by molar-refractivity contribution is 6.30. The number of aryl methyl sites for hydroxylation is 1. The molecule has 0 unspecified atom stereocenters. The Bertz CT molecular complexity index is 783. The van der Waals surface area contributed by atoms with Crippen molar-refractivity contribution in [2.24, 2.45) is 7.05 Å². The maximum Gasteiger partial charge on any atom is 0.270 e. The van der Waals surface area contributed by atoms with Gasteiger partial charge in [-0.1, -0.05) is 11.6 Å². The predicted molar refractivity (Wildman–Crippen MR) is 94.0 cm³/mol. The van der Waals surface area contributed by atoms with E-state index in [1.807, 2.05) is 0 Å². The van der Waals surface area contributed by atoms with Crippen LogP contribution in [0.4, 0.5) is 0 Å². The zero-order valence-corrected chi connectivity index (χ0v) is 15.5. The Morgan fingerprint density at radius 3 is 2.58 bits per heavy atom. The minimum atomic E-state index is -0.421. The molecule has 3 aliphatic carbocycles. The van der Waals surface area contributed by atoms with Gasteiger partial charge < -0.3 is 15.2 Å². The van der Waals surface area contributed by atoms with Gasteiger partial charge in [0, 0.05) is 42.3 Å². The van der Waals surface area contributed by atoms with E-state index in [9.17, 15) is 14.7 Å². The Balaban J connectivity index is 1.40. The number of hydrogen-bond donors (Lipinski definition) is 2. The van der Waals surface area contributed by atoms with Gasteiger partial charge in [-0.3, -0.25) is 14.5 Å². The summed E-state index contributed by atoms with van der Waals surface area (Å²) < 4.78 is 6.51. The smallest absolute Gasteiger partial charge is 0.270 e. The molecule has 1 aromatic rings. The zero-order valence-electron chi connectivity index (χ0n) is 14.8. The third-order valence-corrected chi connectivity index (χ3v) is 6.29. The molecular weight excluding hydrogens is 360 g/mol. The van der Waals surface area contributed by atoms with Gasteiger partial charge in [-0.2, -0.15) is 5.10 Å². The first-order valence-electron chi connectivity index (χ1n) is 8.87. The summed E-state index contributed by atoms with van der Waals surface area (Å²) in [5, 5.41) is 16.5. The monoisotopic (exact) mass is 382 g/mol. The van der Waals surface area contributed by atoms with Crippen LogP contribution in [-0.4, -0.2) is 63.1 Å². The lowest BCUT2D eigenvalue weighted by Crippen LogP contribution is -2.84. The van der Waals surface area contributed by atoms with Crippen LogP contribution in [-0.2, 0) is 29.6 Å². The van der Waals surface area contributed by atoms with Crippen molar-refractivity contribution in [3.8, 4) is 0 Å². The Labute approximate surface area is 156 Å². The van der Waals surface area contributed by atoms with Crippen LogP contribution in [0.1, 0.15) is 30.4 Å². The largest absolute Gasteiger partial charge is 0.392 e. The standard InChI is InChI=1S/C17H23ClN4O4/c1-21-15(25)11(12(7-23)14(18)20-21)6-13(24)19-16-8-17(9-16,10-16)22-2-4-26-5-3-22/h23H,2-10H2,1H3,(H,19,24). The second kappa shape index (κ2) is 6.30. The number of carbonyl (C=O) groups is 1. The second-order valence-corrected chi connectivity index (χ2v) is 8.05. The summed E-state index contributed by atoms with van der Waals surface area (Å²) in [5.74, 6) is -0.214. The van der Waals surface area contributed by atoms with Crippen molar-refractivity contribution in [3.05, 3.63) is 26.6 Å². The number of morpholine rings is 1. The molecule has 0 aromatic carbocycles. The van der Waals surface area contributed by atoms with Gasteiger partial charge >= 0.3 is 0 Å². The predicted octanol–water partition coefficient (Wildman–Crippen LogP) is -0.408. The van der Waals surface area contributed by atoms with Gasteiger partial charge in [0.15, 0.2) is 5.15 Å². The summed E-state index contributed by atoms with van der Waals surface area (Å²) in [7, 11) is 1.48. The molecule has 1 aliphatic heterocycles. The van der Waals surface area contributed by atoms with Crippen molar-refractivity contribution in [2.45, 2.75) is 43.4 Å². The number of aromatic nitrogens is 2. The number of nitrogens with zero attached hydrogens (tertiary/aromatic N) is 3. The average molecular weight is 383 g/mol. The van der Waals surface area contributed by atoms with Crippen LogP contribution in [0.5, 0.6) is 0 Å². The quantitative estimate of drug-likeness (QED) is 0.718. The van der Waals surface area contributed by atoms with Crippen LogP contribution in [0.3, 0.4) is 0 Å². The third kappa shape index (κ3) is 2.76. The summed E-state index contributed by atoms with van der Waals surface area (Å²) in [6.45, 7) is 3.04. The van der Waals surface area contributed by atoms with E-state index in [0.29, 0.717) is 0 Å². The van der Waals surface area contributed by atoms with E-state index in [1.54, 1.807) is 0 Å². The molecule has 3 saturated carbocycles. The van der Waals surface area contributed by atoms with E-state index < -0.39 is 12.2 Å². The van der Waals surface area contributed by atoms with Crippen LogP contribution in [0, 0.1) is 0 Å². The van der Waals surface area contributed by atoms with Crippen LogP contribution in [0.2, 0.25) is 5.15 Å². The zero-order chi connectivity index (χ0) is 18.5. The number of halogens is 1. The van der Waals surface area contributed by atoms with Crippen LogP contribution in [0.25, 0.3) is 0 Å². The van der Waals surface area contributed by atoms with Gasteiger partial charge in [0.1, 0.15) is 0 Å². The van der Waals surface area contributed by atoms with E-state index >= 15 is 0 Å². The molecule has 2 heterocycles. The molecule has 2 N–H and O–H groups in total. The molecule has 1 saturated heterocycles. The van der Waals surface area contributed by atoms with E-state index in [1.165, 1.54) is 7.05 Å². The normalized spacial score (nSPS) is 30.4. The topological polar surface area (TPSA) is 96.7 Å². The van der Waals surface area contributed by atoms with Gasteiger partial charge in [0.25, 0.3) is 5.56 Å². The SMILES string of the molecule is Cn1nc(Cl)c(CO)c(CC(=O)NC23CC(N4CCOCC4)(C2)C3)c1=O. The van der Waals surface area contributed by atoms with E-state index in [4.69, 9.17) is 16.3 Å². The summed E-state index contributed by atoms with van der Waals surface area (Å²) in [6, 6.07) is 0. The van der Waals surface area contributed by atoms with Crippen molar-refractivity contribution in [2.75, 3.05) is 26.3 Å². The molecular formula is C17H23ClN4O4. The number of hydrogen-bond acceptors (Lipinski definition) is 6. The Hall–Kier alpha value is -1.48. The first-order chi connectivity index (χ1) is 12.4. The molecule has 5 rings (SSSR count). The fraction of sp³-hybridized carbons (Fsp3) is 0.706. The van der Waals surface area contributed by atoms with Gasteiger partial charge in [-0.05, 0) is 19.3 Å². The average Bonchev–Trinajstić information content (AvgIpc) is 2.55. The number of aliphatic hydroxyl groups excluding tert-OH is 1. The second-order valence-electron chi connectivity index (χ2n) is 7.69.